The van der Waals surface area contributed by atoms with Gasteiger partial charge in [0.05, 0.1) is 12.0 Å². The normalized spacial score (nSPS) is 11.6. The molecule has 1 aromatic carbocycles. The molecule has 0 aliphatic heterocycles. The fraction of sp³-hybridized carbons (Fsp3) is 0.250. The molecule has 0 N–H and O–H groups in total. The number of carbonyl (C=O) groups is 1. The summed E-state index contributed by atoms with van der Waals surface area (Å²) in [6.07, 6.45) is -4.18. The van der Waals surface area contributed by atoms with Gasteiger partial charge in [-0.15, -0.1) is 0 Å². The molecular weight excluding hydrogens is 261 g/mol. The van der Waals surface area contributed by atoms with Crippen molar-refractivity contribution in [1.82, 2.24) is 10.1 Å². The molecule has 0 radical (unpaired) electrons. The lowest BCUT2D eigenvalue weighted by atomic mass is 10.1. The Morgan fingerprint density at radius 2 is 1.89 bits per heavy atom. The highest BCUT2D eigenvalue weighted by molar-refractivity contribution is 5.89. The summed E-state index contributed by atoms with van der Waals surface area (Å²) in [5.74, 6) is -0.186. The van der Waals surface area contributed by atoms with E-state index in [0.29, 0.717) is 5.56 Å². The van der Waals surface area contributed by atoms with Crippen molar-refractivity contribution in [3.8, 4) is 0 Å². The van der Waals surface area contributed by atoms with Crippen LogP contribution in [-0.4, -0.2) is 15.9 Å². The molecule has 0 fully saturated rings. The van der Waals surface area contributed by atoms with Crippen LogP contribution in [0.25, 0.3) is 0 Å². The second kappa shape index (κ2) is 4.83. The van der Waals surface area contributed by atoms with E-state index < -0.39 is 11.7 Å². The average Bonchev–Trinajstić information content (AvgIpc) is 2.77. The van der Waals surface area contributed by atoms with Gasteiger partial charge in [0.2, 0.25) is 17.5 Å². The molecule has 0 saturated carbocycles. The number of nitrogens with zero attached hydrogens (tertiary/aromatic N) is 2. The molecule has 2 aromatic rings. The second-order valence-electron chi connectivity index (χ2n) is 3.94. The number of alkyl halides is 3. The highest BCUT2D eigenvalue weighted by atomic mass is 19.4. The summed E-state index contributed by atoms with van der Waals surface area (Å²) in [5, 5.41) is 3.45. The van der Waals surface area contributed by atoms with Crippen LogP contribution in [0.1, 0.15) is 34.6 Å². The molecule has 100 valence electrons. The van der Waals surface area contributed by atoms with Crippen molar-refractivity contribution >= 4 is 5.78 Å². The first kappa shape index (κ1) is 13.3. The maximum Gasteiger partial charge on any atom is 0.416 e. The van der Waals surface area contributed by atoms with Gasteiger partial charge in [-0.25, -0.2) is 0 Å². The molecule has 0 unspecified atom stereocenters. The Kier molecular flexibility index (Phi) is 3.37. The van der Waals surface area contributed by atoms with Gasteiger partial charge in [-0.1, -0.05) is 17.3 Å². The van der Waals surface area contributed by atoms with E-state index in [2.05, 4.69) is 10.1 Å². The minimum absolute atomic E-state index is 0.0399. The molecule has 0 bridgehead atoms. The molecule has 0 aliphatic carbocycles. The highest BCUT2D eigenvalue weighted by Crippen LogP contribution is 2.29. The van der Waals surface area contributed by atoms with Crippen LogP contribution >= 0.6 is 0 Å². The van der Waals surface area contributed by atoms with Gasteiger partial charge < -0.3 is 4.52 Å². The highest BCUT2D eigenvalue weighted by Gasteiger charge is 2.29. The van der Waals surface area contributed by atoms with Crippen molar-refractivity contribution in [2.75, 3.05) is 0 Å². The minimum atomic E-state index is -4.36. The zero-order chi connectivity index (χ0) is 14.0. The van der Waals surface area contributed by atoms with Crippen molar-refractivity contribution in [3.63, 3.8) is 0 Å². The van der Waals surface area contributed by atoms with E-state index in [9.17, 15) is 18.0 Å². The minimum Gasteiger partial charge on any atom is -0.339 e. The zero-order valence-electron chi connectivity index (χ0n) is 9.86. The van der Waals surface area contributed by atoms with Gasteiger partial charge in [0, 0.05) is 6.92 Å². The van der Waals surface area contributed by atoms with Crippen LogP contribution in [-0.2, 0) is 12.6 Å². The summed E-state index contributed by atoms with van der Waals surface area (Å²) in [5.41, 5.74) is -0.127. The number of benzene rings is 1. The van der Waals surface area contributed by atoms with Crippen molar-refractivity contribution in [1.29, 1.82) is 0 Å². The van der Waals surface area contributed by atoms with Gasteiger partial charge in [-0.3, -0.25) is 4.79 Å². The van der Waals surface area contributed by atoms with Crippen molar-refractivity contribution in [2.24, 2.45) is 0 Å². The molecule has 2 rings (SSSR count). The summed E-state index contributed by atoms with van der Waals surface area (Å²) in [4.78, 5) is 14.8. The molecule has 7 heteroatoms. The second-order valence-corrected chi connectivity index (χ2v) is 3.94. The van der Waals surface area contributed by atoms with Crippen LogP contribution < -0.4 is 0 Å². The van der Waals surface area contributed by atoms with Crippen molar-refractivity contribution in [3.05, 3.63) is 47.1 Å². The van der Waals surface area contributed by atoms with Crippen LogP contribution in [0.5, 0.6) is 0 Å². The number of carbonyl (C=O) groups excluding carboxylic acids is 1. The lowest BCUT2D eigenvalue weighted by Gasteiger charge is -2.06. The summed E-state index contributed by atoms with van der Waals surface area (Å²) >= 11 is 0. The standard InChI is InChI=1S/C12H9F3N2O2/c1-7(18)11-16-10(19-17-11)6-8-2-4-9(5-3-8)12(13,14)15/h2-5H,6H2,1H3. The molecule has 0 amide bonds. The maximum atomic E-state index is 12.4. The summed E-state index contributed by atoms with van der Waals surface area (Å²) < 4.78 is 41.9. The Bertz CT molecular complexity index is 588. The molecule has 4 nitrogen and oxygen atoms in total. The Hall–Kier alpha value is -2.18. The first-order chi connectivity index (χ1) is 8.86. The van der Waals surface area contributed by atoms with E-state index in [1.807, 2.05) is 0 Å². The van der Waals surface area contributed by atoms with Crippen LogP contribution in [0.3, 0.4) is 0 Å². The average molecular weight is 270 g/mol. The fourth-order valence-corrected chi connectivity index (χ4v) is 1.46. The third kappa shape index (κ3) is 3.18. The zero-order valence-corrected chi connectivity index (χ0v) is 9.86. The smallest absolute Gasteiger partial charge is 0.339 e. The third-order valence-corrected chi connectivity index (χ3v) is 2.42. The van der Waals surface area contributed by atoms with Crippen LogP contribution in [0.2, 0.25) is 0 Å². The number of ketones is 1. The van der Waals surface area contributed by atoms with E-state index in [-0.39, 0.29) is 23.9 Å². The quantitative estimate of drug-likeness (QED) is 0.805. The Labute approximate surface area is 106 Å². The maximum absolute atomic E-state index is 12.4. The van der Waals surface area contributed by atoms with E-state index in [4.69, 9.17) is 4.52 Å². The Balaban J connectivity index is 2.13. The molecule has 0 spiro atoms. The van der Waals surface area contributed by atoms with Gasteiger partial charge in [0.15, 0.2) is 0 Å². The van der Waals surface area contributed by atoms with E-state index in [1.54, 1.807) is 0 Å². The number of halogens is 3. The number of hydrogen-bond acceptors (Lipinski definition) is 4. The van der Waals surface area contributed by atoms with Crippen molar-refractivity contribution < 1.29 is 22.5 Å². The SMILES string of the molecule is CC(=O)c1noc(Cc2ccc(C(F)(F)F)cc2)n1. The fourth-order valence-electron chi connectivity index (χ4n) is 1.46. The Morgan fingerprint density at radius 3 is 2.37 bits per heavy atom. The van der Waals surface area contributed by atoms with E-state index in [1.165, 1.54) is 19.1 Å². The molecule has 19 heavy (non-hydrogen) atoms. The predicted octanol–water partition coefficient (Wildman–Crippen LogP) is 2.88. The van der Waals surface area contributed by atoms with Crippen molar-refractivity contribution in [2.45, 2.75) is 19.5 Å². The first-order valence-electron chi connectivity index (χ1n) is 5.36. The van der Waals surface area contributed by atoms with Gasteiger partial charge >= 0.3 is 6.18 Å². The number of aromatic nitrogens is 2. The predicted molar refractivity (Wildman–Crippen MR) is 58.6 cm³/mol. The van der Waals surface area contributed by atoms with Gasteiger partial charge in [0.25, 0.3) is 0 Å². The van der Waals surface area contributed by atoms with Gasteiger partial charge in [0.1, 0.15) is 0 Å². The van der Waals surface area contributed by atoms with Crippen LogP contribution in [0.15, 0.2) is 28.8 Å². The largest absolute Gasteiger partial charge is 0.416 e. The molecule has 0 atom stereocenters. The van der Waals surface area contributed by atoms with E-state index in [0.717, 1.165) is 12.1 Å². The Morgan fingerprint density at radius 1 is 1.26 bits per heavy atom. The number of rotatable bonds is 3. The van der Waals surface area contributed by atoms with Crippen LogP contribution in [0.4, 0.5) is 13.2 Å². The lowest BCUT2D eigenvalue weighted by Crippen LogP contribution is -2.04. The molecule has 0 saturated heterocycles. The molecule has 1 heterocycles. The third-order valence-electron chi connectivity index (χ3n) is 2.42. The molecule has 0 aliphatic rings. The van der Waals surface area contributed by atoms with Crippen LogP contribution in [0, 0.1) is 0 Å². The topological polar surface area (TPSA) is 56.0 Å². The summed E-state index contributed by atoms with van der Waals surface area (Å²) in [6, 6.07) is 4.64. The molecule has 1 aromatic heterocycles. The van der Waals surface area contributed by atoms with Gasteiger partial charge in [-0.05, 0) is 17.7 Å². The number of hydrogen-bond donors (Lipinski definition) is 0. The summed E-state index contributed by atoms with van der Waals surface area (Å²) in [6.45, 7) is 1.30. The van der Waals surface area contributed by atoms with E-state index >= 15 is 0 Å². The van der Waals surface area contributed by atoms with Gasteiger partial charge in [-0.2, -0.15) is 18.2 Å². The summed E-state index contributed by atoms with van der Waals surface area (Å²) in [7, 11) is 0. The number of Topliss-reactive ketones (excluding diaryl/α,β-unsaturated/α-hetero) is 1. The monoisotopic (exact) mass is 270 g/mol. The lowest BCUT2D eigenvalue weighted by molar-refractivity contribution is -0.137. The first-order valence-corrected chi connectivity index (χ1v) is 5.36. The molecular formula is C12H9F3N2O2.